The van der Waals surface area contributed by atoms with Crippen LogP contribution in [0, 0.1) is 12.8 Å². The maximum Gasteiger partial charge on any atom is 0.241 e. The lowest BCUT2D eigenvalue weighted by Crippen LogP contribution is -2.36. The number of aromatic nitrogens is 4. The third-order valence-electron chi connectivity index (χ3n) is 3.13. The van der Waals surface area contributed by atoms with Crippen LogP contribution in [0.1, 0.15) is 25.8 Å². The van der Waals surface area contributed by atoms with Gasteiger partial charge in [-0.1, -0.05) is 19.9 Å². The van der Waals surface area contributed by atoms with Crippen molar-refractivity contribution in [2.45, 2.75) is 33.2 Å². The van der Waals surface area contributed by atoms with Gasteiger partial charge in [-0.25, -0.2) is 4.68 Å². The number of aryl methyl sites for hydroxylation is 1. The van der Waals surface area contributed by atoms with Crippen molar-refractivity contribution in [3.05, 3.63) is 30.1 Å². The average Bonchev–Trinajstić information content (AvgIpc) is 2.94. The second kappa shape index (κ2) is 6.45. The number of amides is 1. The number of nitrogens with zero attached hydrogens (tertiary/aromatic N) is 4. The molecule has 1 heterocycles. The first kappa shape index (κ1) is 15.1. The zero-order valence-electron chi connectivity index (χ0n) is 12.4. The van der Waals surface area contributed by atoms with Gasteiger partial charge in [0.05, 0.1) is 11.7 Å². The van der Waals surface area contributed by atoms with Crippen LogP contribution in [0.15, 0.2) is 24.5 Å². The molecule has 1 aromatic heterocycles. The van der Waals surface area contributed by atoms with Gasteiger partial charge in [0.25, 0.3) is 0 Å². The average molecular weight is 288 g/mol. The van der Waals surface area contributed by atoms with Gasteiger partial charge in [-0.05, 0) is 47.4 Å². The predicted molar refractivity (Wildman–Crippen MR) is 80.0 cm³/mol. The third kappa shape index (κ3) is 3.85. The van der Waals surface area contributed by atoms with E-state index in [9.17, 15) is 4.79 Å². The van der Waals surface area contributed by atoms with Gasteiger partial charge in [0.15, 0.2) is 0 Å². The van der Waals surface area contributed by atoms with Gasteiger partial charge in [-0.3, -0.25) is 4.79 Å². The van der Waals surface area contributed by atoms with Crippen LogP contribution in [0.3, 0.4) is 0 Å². The Labute approximate surface area is 123 Å². The number of nitrogens with two attached hydrogens (primary N) is 1. The highest BCUT2D eigenvalue weighted by Crippen LogP contribution is 2.18. The number of hydrogen-bond acceptors (Lipinski definition) is 5. The van der Waals surface area contributed by atoms with E-state index < -0.39 is 6.04 Å². The van der Waals surface area contributed by atoms with Crippen molar-refractivity contribution in [3.8, 4) is 5.69 Å². The maximum absolute atomic E-state index is 12.0. The molecule has 1 amide bonds. The normalized spacial score (nSPS) is 12.4. The van der Waals surface area contributed by atoms with Crippen molar-refractivity contribution in [2.75, 3.05) is 5.32 Å². The fourth-order valence-corrected chi connectivity index (χ4v) is 2.06. The monoisotopic (exact) mass is 288 g/mol. The van der Waals surface area contributed by atoms with Crippen LogP contribution in [0.25, 0.3) is 5.69 Å². The summed E-state index contributed by atoms with van der Waals surface area (Å²) in [6, 6.07) is 5.05. The third-order valence-corrected chi connectivity index (χ3v) is 3.13. The molecule has 2 aromatic rings. The molecular formula is C14H20N6O. The first-order chi connectivity index (χ1) is 9.97. The molecule has 0 saturated carbocycles. The quantitative estimate of drug-likeness (QED) is 0.863. The van der Waals surface area contributed by atoms with E-state index in [1.807, 2.05) is 39.0 Å². The van der Waals surface area contributed by atoms with Gasteiger partial charge in [-0.15, -0.1) is 5.10 Å². The molecular weight excluding hydrogens is 268 g/mol. The van der Waals surface area contributed by atoms with Gasteiger partial charge >= 0.3 is 0 Å². The minimum Gasteiger partial charge on any atom is -0.325 e. The zero-order chi connectivity index (χ0) is 15.4. The van der Waals surface area contributed by atoms with Crippen LogP contribution in [0.4, 0.5) is 5.69 Å². The van der Waals surface area contributed by atoms with Crippen LogP contribution in [0.2, 0.25) is 0 Å². The van der Waals surface area contributed by atoms with Crippen LogP contribution < -0.4 is 11.1 Å². The van der Waals surface area contributed by atoms with Crippen LogP contribution >= 0.6 is 0 Å². The van der Waals surface area contributed by atoms with Crippen molar-refractivity contribution in [1.29, 1.82) is 0 Å². The van der Waals surface area contributed by atoms with Crippen molar-refractivity contribution in [3.63, 3.8) is 0 Å². The lowest BCUT2D eigenvalue weighted by Gasteiger charge is -2.15. The fourth-order valence-electron chi connectivity index (χ4n) is 2.06. The minimum absolute atomic E-state index is 0.185. The summed E-state index contributed by atoms with van der Waals surface area (Å²) in [7, 11) is 0. The van der Waals surface area contributed by atoms with E-state index in [4.69, 9.17) is 5.73 Å². The van der Waals surface area contributed by atoms with Crippen molar-refractivity contribution in [1.82, 2.24) is 20.2 Å². The molecule has 0 spiro atoms. The number of benzene rings is 1. The molecule has 3 N–H and O–H groups in total. The Bertz CT molecular complexity index is 608. The summed E-state index contributed by atoms with van der Waals surface area (Å²) in [5.41, 5.74) is 8.38. The second-order valence-electron chi connectivity index (χ2n) is 5.48. The van der Waals surface area contributed by atoms with Gasteiger partial charge in [0, 0.05) is 5.69 Å². The number of nitrogens with one attached hydrogen (secondary N) is 1. The van der Waals surface area contributed by atoms with E-state index in [0.29, 0.717) is 18.0 Å². The molecule has 0 saturated heterocycles. The van der Waals surface area contributed by atoms with Crippen LogP contribution in [-0.2, 0) is 4.79 Å². The Hall–Kier alpha value is -2.28. The van der Waals surface area contributed by atoms with E-state index in [1.54, 1.807) is 4.68 Å². The van der Waals surface area contributed by atoms with E-state index in [-0.39, 0.29) is 5.91 Å². The molecule has 0 aliphatic rings. The number of carbonyl (C=O) groups excluding carboxylic acids is 1. The largest absolute Gasteiger partial charge is 0.325 e. The topological polar surface area (TPSA) is 98.7 Å². The lowest BCUT2D eigenvalue weighted by atomic mass is 10.0. The Morgan fingerprint density at radius 2 is 2.19 bits per heavy atom. The highest BCUT2D eigenvalue weighted by Gasteiger charge is 2.15. The SMILES string of the molecule is Cc1ccc(NC(=O)C(N)CC(C)C)cc1-n1cnnn1. The number of hydrogen-bond donors (Lipinski definition) is 2. The molecule has 112 valence electrons. The number of rotatable bonds is 5. The molecule has 1 atom stereocenters. The van der Waals surface area contributed by atoms with Crippen molar-refractivity contribution < 1.29 is 4.79 Å². The Balaban J connectivity index is 2.15. The molecule has 1 aromatic carbocycles. The van der Waals surface area contributed by atoms with Gasteiger partial charge in [0.1, 0.15) is 6.33 Å². The number of tetrazole rings is 1. The van der Waals surface area contributed by atoms with E-state index in [0.717, 1.165) is 11.3 Å². The standard InChI is InChI=1S/C14H20N6O/c1-9(2)6-12(15)14(21)17-11-5-4-10(3)13(7-11)20-8-16-18-19-20/h4-5,7-9,12H,6,15H2,1-3H3,(H,17,21). The Kier molecular flexibility index (Phi) is 4.64. The highest BCUT2D eigenvalue weighted by molar-refractivity contribution is 5.94. The molecule has 1 unspecified atom stereocenters. The predicted octanol–water partition coefficient (Wildman–Crippen LogP) is 1.28. The number of anilines is 1. The molecule has 7 heteroatoms. The molecule has 0 radical (unpaired) electrons. The zero-order valence-corrected chi connectivity index (χ0v) is 12.4. The van der Waals surface area contributed by atoms with Crippen LogP contribution in [0.5, 0.6) is 0 Å². The Morgan fingerprint density at radius 3 is 2.81 bits per heavy atom. The van der Waals surface area contributed by atoms with Gasteiger partial charge in [-0.2, -0.15) is 0 Å². The lowest BCUT2D eigenvalue weighted by molar-refractivity contribution is -0.117. The van der Waals surface area contributed by atoms with E-state index in [1.165, 1.54) is 6.33 Å². The summed E-state index contributed by atoms with van der Waals surface area (Å²) >= 11 is 0. The molecule has 0 aliphatic heterocycles. The molecule has 21 heavy (non-hydrogen) atoms. The van der Waals surface area contributed by atoms with Crippen molar-refractivity contribution in [2.24, 2.45) is 11.7 Å². The summed E-state index contributed by atoms with van der Waals surface area (Å²) in [6.07, 6.45) is 2.16. The summed E-state index contributed by atoms with van der Waals surface area (Å²) in [5, 5.41) is 13.9. The first-order valence-electron chi connectivity index (χ1n) is 6.88. The molecule has 7 nitrogen and oxygen atoms in total. The van der Waals surface area contributed by atoms with E-state index >= 15 is 0 Å². The molecule has 2 rings (SSSR count). The molecule has 0 bridgehead atoms. The highest BCUT2D eigenvalue weighted by atomic mass is 16.2. The van der Waals surface area contributed by atoms with E-state index in [2.05, 4.69) is 20.8 Å². The first-order valence-corrected chi connectivity index (χ1v) is 6.88. The summed E-state index contributed by atoms with van der Waals surface area (Å²) < 4.78 is 1.55. The molecule has 0 aliphatic carbocycles. The van der Waals surface area contributed by atoms with Gasteiger partial charge in [0.2, 0.25) is 5.91 Å². The molecule has 0 fully saturated rings. The number of carbonyl (C=O) groups is 1. The smallest absolute Gasteiger partial charge is 0.241 e. The Morgan fingerprint density at radius 1 is 1.43 bits per heavy atom. The fraction of sp³-hybridized carbons (Fsp3) is 0.429. The van der Waals surface area contributed by atoms with Crippen molar-refractivity contribution >= 4 is 11.6 Å². The second-order valence-corrected chi connectivity index (χ2v) is 5.48. The summed E-state index contributed by atoms with van der Waals surface area (Å²) in [6.45, 7) is 6.02. The summed E-state index contributed by atoms with van der Waals surface area (Å²) in [5.74, 6) is 0.191. The summed E-state index contributed by atoms with van der Waals surface area (Å²) in [4.78, 5) is 12.0. The minimum atomic E-state index is -0.511. The van der Waals surface area contributed by atoms with Gasteiger partial charge < -0.3 is 11.1 Å². The van der Waals surface area contributed by atoms with Crippen LogP contribution in [-0.4, -0.2) is 32.2 Å². The maximum atomic E-state index is 12.0.